The standard InChI is InChI=1S/C11H14O4.C9H10F8O2.FH/c1-13-9-5-4-8(6-10(9)14-2)7-11(12)15-3;10-7(11)4-1-2-5(18-8(12,13)14)6(3-4)19-9(15,16)17;/h4-6H,7H2,1-3H3;4-7H,1-3H2;1H. The summed E-state index contributed by atoms with van der Waals surface area (Å²) in [7, 11) is 4.49. The quantitative estimate of drug-likeness (QED) is 0.345. The van der Waals surface area contributed by atoms with Crippen molar-refractivity contribution in [1.29, 1.82) is 0 Å². The monoisotopic (exact) mass is 532 g/mol. The highest BCUT2D eigenvalue weighted by molar-refractivity contribution is 5.72. The van der Waals surface area contributed by atoms with Gasteiger partial charge in [0, 0.05) is 5.92 Å². The van der Waals surface area contributed by atoms with Crippen molar-refractivity contribution in [3.63, 3.8) is 0 Å². The topological polar surface area (TPSA) is 63.2 Å². The molecule has 0 amide bonds. The van der Waals surface area contributed by atoms with Gasteiger partial charge in [0.25, 0.3) is 0 Å². The van der Waals surface area contributed by atoms with E-state index in [1.807, 2.05) is 0 Å². The van der Waals surface area contributed by atoms with E-state index < -0.39 is 50.1 Å². The minimum absolute atomic E-state index is 0. The van der Waals surface area contributed by atoms with Crippen LogP contribution >= 0.6 is 0 Å². The fourth-order valence-corrected chi connectivity index (χ4v) is 3.19. The zero-order chi connectivity index (χ0) is 26.1. The average Bonchev–Trinajstić information content (AvgIpc) is 2.73. The van der Waals surface area contributed by atoms with Crippen LogP contribution < -0.4 is 9.47 Å². The van der Waals surface area contributed by atoms with E-state index in [4.69, 9.17) is 9.47 Å². The maximum Gasteiger partial charge on any atom is 0.522 e. The van der Waals surface area contributed by atoms with E-state index in [1.165, 1.54) is 7.11 Å². The molecule has 204 valence electrons. The normalized spacial score (nSPS) is 20.3. The second-order valence-corrected chi connectivity index (χ2v) is 7.05. The van der Waals surface area contributed by atoms with E-state index >= 15 is 0 Å². The molecule has 0 aliphatic heterocycles. The van der Waals surface area contributed by atoms with Gasteiger partial charge in [-0.3, -0.25) is 19.0 Å². The third-order valence-electron chi connectivity index (χ3n) is 4.72. The minimum atomic E-state index is -5.21. The second-order valence-electron chi connectivity index (χ2n) is 7.05. The first kappa shape index (κ1) is 32.6. The van der Waals surface area contributed by atoms with Gasteiger partial charge in [-0.1, -0.05) is 6.07 Å². The first-order chi connectivity index (χ1) is 15.7. The first-order valence-corrected chi connectivity index (χ1v) is 9.74. The summed E-state index contributed by atoms with van der Waals surface area (Å²) in [6.45, 7) is 0. The molecule has 0 heterocycles. The molecule has 2 rings (SSSR count). The number of hydrogen-bond acceptors (Lipinski definition) is 6. The van der Waals surface area contributed by atoms with Gasteiger partial charge in [-0.2, -0.15) is 0 Å². The molecule has 1 fully saturated rings. The van der Waals surface area contributed by atoms with E-state index in [2.05, 4.69) is 14.2 Å². The number of carbonyl (C=O) groups is 1. The molecule has 6 nitrogen and oxygen atoms in total. The summed E-state index contributed by atoms with van der Waals surface area (Å²) in [5, 5.41) is 0. The van der Waals surface area contributed by atoms with Crippen LogP contribution in [-0.4, -0.2) is 58.7 Å². The number of rotatable bonds is 7. The molecule has 0 N–H and O–H groups in total. The van der Waals surface area contributed by atoms with E-state index in [0.29, 0.717) is 11.5 Å². The van der Waals surface area contributed by atoms with Crippen molar-refractivity contribution in [2.45, 2.75) is 57.0 Å². The lowest BCUT2D eigenvalue weighted by Gasteiger charge is -2.35. The molecule has 1 aromatic rings. The summed E-state index contributed by atoms with van der Waals surface area (Å²) in [4.78, 5) is 11.0. The molecule has 1 aliphatic carbocycles. The van der Waals surface area contributed by atoms with Crippen molar-refractivity contribution >= 4 is 5.97 Å². The Balaban J connectivity index is 0.000000659. The molecular weight excluding hydrogens is 507 g/mol. The van der Waals surface area contributed by atoms with Crippen molar-refractivity contribution in [1.82, 2.24) is 0 Å². The van der Waals surface area contributed by atoms with Gasteiger partial charge in [0.2, 0.25) is 6.43 Å². The summed E-state index contributed by atoms with van der Waals surface area (Å²) < 4.78 is 119. The molecule has 1 saturated carbocycles. The number of alkyl halides is 8. The number of methoxy groups -OCH3 is 3. The highest BCUT2D eigenvalue weighted by Gasteiger charge is 2.46. The molecule has 0 saturated heterocycles. The lowest BCUT2D eigenvalue weighted by atomic mass is 9.85. The van der Waals surface area contributed by atoms with E-state index in [-0.39, 0.29) is 23.5 Å². The number of carbonyl (C=O) groups excluding carboxylic acids is 1. The zero-order valence-electron chi connectivity index (χ0n) is 18.8. The maximum atomic E-state index is 12.4. The van der Waals surface area contributed by atoms with Gasteiger partial charge in [0.1, 0.15) is 0 Å². The Morgan fingerprint density at radius 3 is 1.91 bits per heavy atom. The summed E-state index contributed by atoms with van der Waals surface area (Å²) in [5.41, 5.74) is 0.833. The third-order valence-corrected chi connectivity index (χ3v) is 4.72. The number of benzene rings is 1. The van der Waals surface area contributed by atoms with Crippen LogP contribution in [0.1, 0.15) is 24.8 Å². The Kier molecular flexibility index (Phi) is 13.2. The van der Waals surface area contributed by atoms with Crippen LogP contribution in [0.3, 0.4) is 0 Å². The lowest BCUT2D eigenvalue weighted by molar-refractivity contribution is -0.394. The van der Waals surface area contributed by atoms with Gasteiger partial charge >= 0.3 is 18.7 Å². The van der Waals surface area contributed by atoms with Crippen LogP contribution in [0.4, 0.5) is 39.8 Å². The Bertz CT molecular complexity index is 770. The van der Waals surface area contributed by atoms with Crippen molar-refractivity contribution in [3.05, 3.63) is 23.8 Å². The van der Waals surface area contributed by atoms with Crippen LogP contribution in [0, 0.1) is 5.92 Å². The van der Waals surface area contributed by atoms with Crippen LogP contribution in [0.15, 0.2) is 18.2 Å². The molecule has 1 aliphatic rings. The Hall–Kier alpha value is -2.42. The van der Waals surface area contributed by atoms with Gasteiger partial charge in [-0.15, -0.1) is 26.3 Å². The Morgan fingerprint density at radius 2 is 1.46 bits per heavy atom. The van der Waals surface area contributed by atoms with E-state index in [0.717, 1.165) is 5.56 Å². The predicted molar refractivity (Wildman–Crippen MR) is 103 cm³/mol. The molecule has 0 aromatic heterocycles. The molecule has 0 radical (unpaired) electrons. The summed E-state index contributed by atoms with van der Waals surface area (Å²) in [6, 6.07) is 5.32. The van der Waals surface area contributed by atoms with E-state index in [1.54, 1.807) is 32.4 Å². The third kappa shape index (κ3) is 12.2. The maximum absolute atomic E-state index is 12.4. The summed E-state index contributed by atoms with van der Waals surface area (Å²) in [5.74, 6) is -0.451. The predicted octanol–water partition coefficient (Wildman–Crippen LogP) is 5.43. The molecule has 15 heteroatoms. The van der Waals surface area contributed by atoms with Crippen LogP contribution in [0.25, 0.3) is 0 Å². The molecular formula is C20H25F9O6. The van der Waals surface area contributed by atoms with Crippen molar-refractivity contribution < 1.29 is 68.3 Å². The lowest BCUT2D eigenvalue weighted by Crippen LogP contribution is -2.44. The van der Waals surface area contributed by atoms with Crippen LogP contribution in [0.2, 0.25) is 0 Å². The Morgan fingerprint density at radius 1 is 0.914 bits per heavy atom. The van der Waals surface area contributed by atoms with Crippen LogP contribution in [0.5, 0.6) is 11.5 Å². The molecule has 3 unspecified atom stereocenters. The number of esters is 1. The van der Waals surface area contributed by atoms with E-state index in [9.17, 15) is 39.9 Å². The van der Waals surface area contributed by atoms with Crippen molar-refractivity contribution in [3.8, 4) is 11.5 Å². The fourth-order valence-electron chi connectivity index (χ4n) is 3.19. The zero-order valence-corrected chi connectivity index (χ0v) is 18.8. The van der Waals surface area contributed by atoms with Crippen LogP contribution in [-0.2, 0) is 25.4 Å². The van der Waals surface area contributed by atoms with Crippen molar-refractivity contribution in [2.75, 3.05) is 21.3 Å². The molecule has 3 atom stereocenters. The summed E-state index contributed by atoms with van der Waals surface area (Å²) >= 11 is 0. The Labute approximate surface area is 194 Å². The average molecular weight is 532 g/mol. The smallest absolute Gasteiger partial charge is 0.493 e. The number of hydrogen-bond donors (Lipinski definition) is 0. The van der Waals surface area contributed by atoms with Gasteiger partial charge in [0.15, 0.2) is 11.5 Å². The number of halogens is 9. The first-order valence-electron chi connectivity index (χ1n) is 9.74. The number of ether oxygens (including phenoxy) is 5. The highest BCUT2D eigenvalue weighted by atomic mass is 19.4. The van der Waals surface area contributed by atoms with Crippen molar-refractivity contribution in [2.24, 2.45) is 5.92 Å². The largest absolute Gasteiger partial charge is 0.522 e. The molecule has 0 spiro atoms. The second kappa shape index (κ2) is 14.2. The van der Waals surface area contributed by atoms with Gasteiger partial charge in [-0.05, 0) is 37.0 Å². The molecule has 1 aromatic carbocycles. The highest BCUT2D eigenvalue weighted by Crippen LogP contribution is 2.37. The van der Waals surface area contributed by atoms with Gasteiger partial charge in [-0.25, -0.2) is 8.78 Å². The summed E-state index contributed by atoms with van der Waals surface area (Å²) in [6.07, 6.45) is -18.8. The van der Waals surface area contributed by atoms with Gasteiger partial charge in [0.05, 0.1) is 40.0 Å². The fraction of sp³-hybridized carbons (Fsp3) is 0.650. The minimum Gasteiger partial charge on any atom is -0.493 e. The molecule has 0 bridgehead atoms. The van der Waals surface area contributed by atoms with Gasteiger partial charge < -0.3 is 14.2 Å². The molecule has 35 heavy (non-hydrogen) atoms. The SMILES string of the molecule is COC(=O)Cc1ccc(OC)c(OC)c1.F.FC(F)C1CCC(OC(F)(F)F)C(OC(F)(F)F)C1.